The fraction of sp³-hybridized carbons (Fsp3) is 0.294. The van der Waals surface area contributed by atoms with E-state index in [0.29, 0.717) is 13.0 Å². The van der Waals surface area contributed by atoms with Crippen LogP contribution in [0, 0.1) is 0 Å². The summed E-state index contributed by atoms with van der Waals surface area (Å²) in [5.74, 6) is -0.737. The van der Waals surface area contributed by atoms with Gasteiger partial charge >= 0.3 is 5.97 Å². The van der Waals surface area contributed by atoms with Crippen molar-refractivity contribution in [1.82, 2.24) is 9.88 Å². The molecule has 0 radical (unpaired) electrons. The molecule has 0 saturated heterocycles. The third-order valence-corrected chi connectivity index (χ3v) is 4.07. The van der Waals surface area contributed by atoms with Crippen LogP contribution < -0.4 is 0 Å². The monoisotopic (exact) mass is 282 g/mol. The number of carboxylic acid groups (broad SMARTS) is 1. The molecule has 108 valence electrons. The molecular weight excluding hydrogens is 264 g/mol. The fourth-order valence-electron chi connectivity index (χ4n) is 2.88. The normalized spacial score (nSPS) is 18.2. The van der Waals surface area contributed by atoms with Crippen molar-refractivity contribution in [2.75, 3.05) is 6.54 Å². The second-order valence-electron chi connectivity index (χ2n) is 5.40. The van der Waals surface area contributed by atoms with Gasteiger partial charge in [0.15, 0.2) is 0 Å². The first-order valence-electron chi connectivity index (χ1n) is 7.16. The first-order chi connectivity index (χ1) is 10.2. The molecule has 1 aromatic carbocycles. The molecule has 4 heteroatoms. The van der Waals surface area contributed by atoms with Crippen molar-refractivity contribution < 1.29 is 9.90 Å². The molecule has 1 aromatic heterocycles. The molecule has 0 unspecified atom stereocenters. The Morgan fingerprint density at radius 1 is 1.19 bits per heavy atom. The lowest BCUT2D eigenvalue weighted by molar-refractivity contribution is -0.143. The van der Waals surface area contributed by atoms with Gasteiger partial charge in [-0.3, -0.25) is 14.7 Å². The van der Waals surface area contributed by atoms with Crippen LogP contribution in [0.5, 0.6) is 0 Å². The number of fused-ring (bicyclic) bond motifs is 1. The van der Waals surface area contributed by atoms with Crippen LogP contribution >= 0.6 is 0 Å². The maximum Gasteiger partial charge on any atom is 0.321 e. The van der Waals surface area contributed by atoms with Crippen LogP contribution in [0.2, 0.25) is 0 Å². The van der Waals surface area contributed by atoms with Crippen molar-refractivity contribution in [3.63, 3.8) is 0 Å². The van der Waals surface area contributed by atoms with E-state index >= 15 is 0 Å². The van der Waals surface area contributed by atoms with Crippen LogP contribution in [-0.2, 0) is 24.2 Å². The molecular formula is C17H18N2O2. The standard InChI is InChI=1S/C17H18N2O2/c20-17(21)16-11-14-3-1-2-4-15(14)12-19(16)10-7-13-5-8-18-9-6-13/h1-6,8-9,16H,7,10-12H2,(H,20,21)/t16-/m0/s1. The van der Waals surface area contributed by atoms with E-state index in [1.807, 2.05) is 30.3 Å². The number of aliphatic carboxylic acids is 1. The van der Waals surface area contributed by atoms with Gasteiger partial charge in [0.05, 0.1) is 0 Å². The molecule has 0 amide bonds. The van der Waals surface area contributed by atoms with Crippen LogP contribution in [0.1, 0.15) is 16.7 Å². The first-order valence-corrected chi connectivity index (χ1v) is 7.16. The minimum Gasteiger partial charge on any atom is -0.480 e. The van der Waals surface area contributed by atoms with E-state index in [9.17, 15) is 9.90 Å². The van der Waals surface area contributed by atoms with Crippen molar-refractivity contribution in [1.29, 1.82) is 0 Å². The van der Waals surface area contributed by atoms with E-state index < -0.39 is 12.0 Å². The van der Waals surface area contributed by atoms with Gasteiger partial charge in [-0.15, -0.1) is 0 Å². The number of rotatable bonds is 4. The topological polar surface area (TPSA) is 53.4 Å². The Hall–Kier alpha value is -2.20. The number of hydrogen-bond donors (Lipinski definition) is 1. The zero-order valence-corrected chi connectivity index (χ0v) is 11.8. The summed E-state index contributed by atoms with van der Waals surface area (Å²) in [6, 6.07) is 11.6. The smallest absolute Gasteiger partial charge is 0.321 e. The van der Waals surface area contributed by atoms with Gasteiger partial charge in [-0.1, -0.05) is 24.3 Å². The van der Waals surface area contributed by atoms with Gasteiger partial charge in [0.25, 0.3) is 0 Å². The second-order valence-corrected chi connectivity index (χ2v) is 5.40. The first kappa shape index (κ1) is 13.8. The van der Waals surface area contributed by atoms with Crippen molar-refractivity contribution in [3.05, 3.63) is 65.5 Å². The molecule has 1 N–H and O–H groups in total. The number of benzene rings is 1. The van der Waals surface area contributed by atoms with Crippen LogP contribution in [0.25, 0.3) is 0 Å². The molecule has 21 heavy (non-hydrogen) atoms. The predicted octanol–water partition coefficient (Wildman–Crippen LogP) is 2.14. The largest absolute Gasteiger partial charge is 0.480 e. The number of hydrogen-bond acceptors (Lipinski definition) is 3. The SMILES string of the molecule is O=C(O)[C@@H]1Cc2ccccc2CN1CCc1ccncc1. The van der Waals surface area contributed by atoms with E-state index in [-0.39, 0.29) is 0 Å². The molecule has 1 aliphatic heterocycles. The van der Waals surface area contributed by atoms with E-state index in [1.165, 1.54) is 11.1 Å². The van der Waals surface area contributed by atoms with Crippen LogP contribution in [0.3, 0.4) is 0 Å². The van der Waals surface area contributed by atoms with Gasteiger partial charge in [0, 0.05) is 25.5 Å². The van der Waals surface area contributed by atoms with Gasteiger partial charge in [-0.05, 0) is 41.7 Å². The Balaban J connectivity index is 1.75. The van der Waals surface area contributed by atoms with Gasteiger partial charge in [0.2, 0.25) is 0 Å². The van der Waals surface area contributed by atoms with E-state index in [2.05, 4.69) is 16.0 Å². The molecule has 0 saturated carbocycles. The highest BCUT2D eigenvalue weighted by molar-refractivity contribution is 5.74. The molecule has 2 heterocycles. The summed E-state index contributed by atoms with van der Waals surface area (Å²) in [5, 5.41) is 9.48. The Labute approximate surface area is 124 Å². The lowest BCUT2D eigenvalue weighted by atomic mass is 9.93. The summed E-state index contributed by atoms with van der Waals surface area (Å²) in [4.78, 5) is 17.6. The minimum absolute atomic E-state index is 0.429. The zero-order valence-electron chi connectivity index (χ0n) is 11.8. The highest BCUT2D eigenvalue weighted by Crippen LogP contribution is 2.23. The third kappa shape index (κ3) is 3.11. The van der Waals surface area contributed by atoms with Gasteiger partial charge < -0.3 is 5.11 Å². The van der Waals surface area contributed by atoms with E-state index in [4.69, 9.17) is 0 Å². The Morgan fingerprint density at radius 2 is 1.90 bits per heavy atom. The Bertz CT molecular complexity index is 628. The quantitative estimate of drug-likeness (QED) is 0.933. The van der Waals surface area contributed by atoms with Crippen molar-refractivity contribution in [3.8, 4) is 0 Å². The highest BCUT2D eigenvalue weighted by atomic mass is 16.4. The van der Waals surface area contributed by atoms with Crippen molar-refractivity contribution >= 4 is 5.97 Å². The van der Waals surface area contributed by atoms with Gasteiger partial charge in [0.1, 0.15) is 6.04 Å². The van der Waals surface area contributed by atoms with Crippen LogP contribution in [-0.4, -0.2) is 33.5 Å². The summed E-state index contributed by atoms with van der Waals surface area (Å²) < 4.78 is 0. The van der Waals surface area contributed by atoms with E-state index in [0.717, 1.165) is 18.5 Å². The fourth-order valence-corrected chi connectivity index (χ4v) is 2.88. The number of nitrogens with zero attached hydrogens (tertiary/aromatic N) is 2. The average Bonchev–Trinajstić information content (AvgIpc) is 2.53. The molecule has 1 aliphatic rings. The number of pyridine rings is 1. The zero-order chi connectivity index (χ0) is 14.7. The summed E-state index contributed by atoms with van der Waals surface area (Å²) >= 11 is 0. The molecule has 0 bridgehead atoms. The van der Waals surface area contributed by atoms with Crippen molar-refractivity contribution in [2.45, 2.75) is 25.4 Å². The molecule has 1 atom stereocenters. The number of carbonyl (C=O) groups is 1. The highest BCUT2D eigenvalue weighted by Gasteiger charge is 2.30. The van der Waals surface area contributed by atoms with Crippen LogP contribution in [0.15, 0.2) is 48.8 Å². The van der Waals surface area contributed by atoms with Crippen LogP contribution in [0.4, 0.5) is 0 Å². The van der Waals surface area contributed by atoms with Gasteiger partial charge in [-0.25, -0.2) is 0 Å². The summed E-state index contributed by atoms with van der Waals surface area (Å²) in [6.45, 7) is 1.45. The Kier molecular flexibility index (Phi) is 3.97. The summed E-state index contributed by atoms with van der Waals surface area (Å²) in [6.07, 6.45) is 4.97. The third-order valence-electron chi connectivity index (χ3n) is 4.07. The lowest BCUT2D eigenvalue weighted by Crippen LogP contribution is -2.46. The summed E-state index contributed by atoms with van der Waals surface area (Å²) in [5.41, 5.74) is 3.59. The lowest BCUT2D eigenvalue weighted by Gasteiger charge is -2.34. The summed E-state index contributed by atoms with van der Waals surface area (Å²) in [7, 11) is 0. The molecule has 0 fully saturated rings. The van der Waals surface area contributed by atoms with Gasteiger partial charge in [-0.2, -0.15) is 0 Å². The maximum atomic E-state index is 11.5. The number of carboxylic acids is 1. The van der Waals surface area contributed by atoms with Crippen molar-refractivity contribution in [2.24, 2.45) is 0 Å². The molecule has 4 nitrogen and oxygen atoms in total. The second kappa shape index (κ2) is 6.06. The molecule has 0 aliphatic carbocycles. The molecule has 2 aromatic rings. The predicted molar refractivity (Wildman–Crippen MR) is 79.9 cm³/mol. The number of aromatic nitrogens is 1. The molecule has 3 rings (SSSR count). The maximum absolute atomic E-state index is 11.5. The van der Waals surface area contributed by atoms with E-state index in [1.54, 1.807) is 12.4 Å². The minimum atomic E-state index is -0.737. The molecule has 0 spiro atoms. The average molecular weight is 282 g/mol. The Morgan fingerprint density at radius 3 is 2.62 bits per heavy atom.